The van der Waals surface area contributed by atoms with E-state index in [1.165, 1.54) is 15.8 Å². The molecule has 3 rings (SSSR count). The second-order valence-electron chi connectivity index (χ2n) is 5.19. The number of aromatic nitrogens is 1. The van der Waals surface area contributed by atoms with Crippen LogP contribution < -0.4 is 5.32 Å². The lowest BCUT2D eigenvalue weighted by Crippen LogP contribution is -2.25. The van der Waals surface area contributed by atoms with E-state index in [4.69, 9.17) is 0 Å². The minimum atomic E-state index is 0.0247. The number of para-hydroxylation sites is 1. The molecule has 0 spiro atoms. The molecular weight excluding hydrogens is 280 g/mol. The van der Waals surface area contributed by atoms with Gasteiger partial charge < -0.3 is 10.3 Å². The van der Waals surface area contributed by atoms with Crippen LogP contribution in [0.15, 0.2) is 36.5 Å². The van der Waals surface area contributed by atoms with Crippen molar-refractivity contribution in [3.05, 3.63) is 57.4 Å². The molecule has 0 atom stereocenters. The minimum absolute atomic E-state index is 0.0247. The van der Waals surface area contributed by atoms with Crippen LogP contribution in [-0.2, 0) is 6.42 Å². The maximum atomic E-state index is 12.2. The van der Waals surface area contributed by atoms with Gasteiger partial charge in [0.25, 0.3) is 5.91 Å². The summed E-state index contributed by atoms with van der Waals surface area (Å²) in [6.45, 7) is 4.67. The van der Waals surface area contributed by atoms with Crippen LogP contribution in [0.2, 0.25) is 0 Å². The molecule has 1 aromatic carbocycles. The van der Waals surface area contributed by atoms with Gasteiger partial charge in [0.15, 0.2) is 0 Å². The maximum Gasteiger partial charge on any atom is 0.252 e. The van der Waals surface area contributed by atoms with E-state index in [9.17, 15) is 4.79 Å². The Labute approximate surface area is 128 Å². The molecule has 0 saturated carbocycles. The van der Waals surface area contributed by atoms with Crippen LogP contribution in [0, 0.1) is 13.8 Å². The monoisotopic (exact) mass is 298 g/mol. The number of aromatic amines is 1. The van der Waals surface area contributed by atoms with Crippen molar-refractivity contribution in [1.82, 2.24) is 10.3 Å². The fourth-order valence-corrected chi connectivity index (χ4v) is 3.52. The first-order valence-electron chi connectivity index (χ1n) is 7.05. The number of fused-ring (bicyclic) bond motifs is 1. The van der Waals surface area contributed by atoms with Crippen molar-refractivity contribution in [1.29, 1.82) is 0 Å². The highest BCUT2D eigenvalue weighted by atomic mass is 32.1. The molecule has 2 heterocycles. The molecule has 0 aliphatic carbocycles. The third kappa shape index (κ3) is 2.85. The fraction of sp³-hybridized carbons (Fsp3) is 0.235. The number of thiophene rings is 1. The Kier molecular flexibility index (Phi) is 3.80. The number of hydrogen-bond acceptors (Lipinski definition) is 2. The summed E-state index contributed by atoms with van der Waals surface area (Å²) >= 11 is 1.66. The third-order valence-corrected chi connectivity index (χ3v) is 4.61. The van der Waals surface area contributed by atoms with Gasteiger partial charge in [0.05, 0.1) is 5.56 Å². The average molecular weight is 298 g/mol. The first-order chi connectivity index (χ1) is 10.1. The highest BCUT2D eigenvalue weighted by Crippen LogP contribution is 2.20. The molecule has 0 saturated heterocycles. The third-order valence-electron chi connectivity index (χ3n) is 3.64. The zero-order chi connectivity index (χ0) is 14.8. The van der Waals surface area contributed by atoms with Gasteiger partial charge in [-0.15, -0.1) is 11.3 Å². The number of carbonyl (C=O) groups excluding carboxylic acids is 1. The molecule has 4 heteroatoms. The lowest BCUT2D eigenvalue weighted by Gasteiger charge is -2.04. The van der Waals surface area contributed by atoms with Crippen LogP contribution in [0.4, 0.5) is 0 Å². The summed E-state index contributed by atoms with van der Waals surface area (Å²) in [6, 6.07) is 10.2. The van der Waals surface area contributed by atoms with Crippen molar-refractivity contribution in [2.45, 2.75) is 20.3 Å². The molecule has 2 N–H and O–H groups in total. The van der Waals surface area contributed by atoms with Crippen molar-refractivity contribution in [2.75, 3.05) is 6.54 Å². The molecule has 0 aliphatic rings. The van der Waals surface area contributed by atoms with Crippen LogP contribution in [-0.4, -0.2) is 17.4 Å². The molecule has 1 amide bonds. The van der Waals surface area contributed by atoms with Gasteiger partial charge in [-0.3, -0.25) is 4.79 Å². The Bertz CT molecular complexity index is 785. The highest BCUT2D eigenvalue weighted by molar-refractivity contribution is 7.12. The molecule has 0 bridgehead atoms. The first kappa shape index (κ1) is 13.9. The zero-order valence-electron chi connectivity index (χ0n) is 12.2. The van der Waals surface area contributed by atoms with Crippen LogP contribution in [0.5, 0.6) is 0 Å². The normalized spacial score (nSPS) is 11.0. The predicted octanol–water partition coefficient (Wildman–Crippen LogP) is 3.82. The molecule has 2 aromatic heterocycles. The summed E-state index contributed by atoms with van der Waals surface area (Å²) in [7, 11) is 0. The molecule has 0 unspecified atom stereocenters. The van der Waals surface area contributed by atoms with E-state index in [1.54, 1.807) is 11.3 Å². The van der Waals surface area contributed by atoms with Gasteiger partial charge in [-0.25, -0.2) is 0 Å². The van der Waals surface area contributed by atoms with Crippen molar-refractivity contribution in [2.24, 2.45) is 0 Å². The summed E-state index contributed by atoms with van der Waals surface area (Å²) < 4.78 is 0. The van der Waals surface area contributed by atoms with Crippen LogP contribution in [0.1, 0.15) is 25.7 Å². The standard InChI is InChI=1S/C17H18N2OS/c1-11-9-15(12(2)21-11)17(20)18-8-7-13-10-19-16-6-4-3-5-14(13)16/h3-6,9-10,19H,7-8H2,1-2H3,(H,18,20). The highest BCUT2D eigenvalue weighted by Gasteiger charge is 2.11. The zero-order valence-corrected chi connectivity index (χ0v) is 13.0. The minimum Gasteiger partial charge on any atom is -0.361 e. The lowest BCUT2D eigenvalue weighted by atomic mass is 10.1. The van der Waals surface area contributed by atoms with Crippen molar-refractivity contribution >= 4 is 28.1 Å². The number of H-pyrrole nitrogens is 1. The summed E-state index contributed by atoms with van der Waals surface area (Å²) in [6.07, 6.45) is 2.86. The SMILES string of the molecule is Cc1cc(C(=O)NCCc2c[nH]c3ccccc23)c(C)s1. The number of carbonyl (C=O) groups is 1. The first-order valence-corrected chi connectivity index (χ1v) is 7.87. The molecule has 3 aromatic rings. The van der Waals surface area contributed by atoms with Gasteiger partial charge >= 0.3 is 0 Å². The van der Waals surface area contributed by atoms with Gasteiger partial charge in [0.2, 0.25) is 0 Å². The number of nitrogens with one attached hydrogen (secondary N) is 2. The van der Waals surface area contributed by atoms with E-state index >= 15 is 0 Å². The van der Waals surface area contributed by atoms with E-state index in [1.807, 2.05) is 38.2 Å². The topological polar surface area (TPSA) is 44.9 Å². The summed E-state index contributed by atoms with van der Waals surface area (Å²) in [5.74, 6) is 0.0247. The maximum absolute atomic E-state index is 12.2. The molecule has 0 radical (unpaired) electrons. The van der Waals surface area contributed by atoms with Crippen LogP contribution in [0.3, 0.4) is 0 Å². The van der Waals surface area contributed by atoms with E-state index in [0.29, 0.717) is 6.54 Å². The molecule has 0 aliphatic heterocycles. The molecule has 0 fully saturated rings. The Hall–Kier alpha value is -2.07. The van der Waals surface area contributed by atoms with E-state index in [2.05, 4.69) is 22.4 Å². The second kappa shape index (κ2) is 5.74. The molecule has 3 nitrogen and oxygen atoms in total. The second-order valence-corrected chi connectivity index (χ2v) is 6.65. The van der Waals surface area contributed by atoms with Crippen molar-refractivity contribution < 1.29 is 4.79 Å². The largest absolute Gasteiger partial charge is 0.361 e. The summed E-state index contributed by atoms with van der Waals surface area (Å²) in [5, 5.41) is 4.24. The van der Waals surface area contributed by atoms with Crippen LogP contribution in [0.25, 0.3) is 10.9 Å². The number of benzene rings is 1. The van der Waals surface area contributed by atoms with E-state index in [-0.39, 0.29) is 5.91 Å². The molecule has 21 heavy (non-hydrogen) atoms. The summed E-state index contributed by atoms with van der Waals surface area (Å²) in [4.78, 5) is 17.7. The van der Waals surface area contributed by atoms with Gasteiger partial charge in [-0.05, 0) is 38.0 Å². The van der Waals surface area contributed by atoms with Gasteiger partial charge in [0, 0.05) is 33.4 Å². The summed E-state index contributed by atoms with van der Waals surface area (Å²) in [5.41, 5.74) is 3.18. The van der Waals surface area contributed by atoms with E-state index < -0.39 is 0 Å². The Morgan fingerprint density at radius 3 is 2.86 bits per heavy atom. The van der Waals surface area contributed by atoms with Gasteiger partial charge in [-0.2, -0.15) is 0 Å². The Morgan fingerprint density at radius 2 is 2.10 bits per heavy atom. The predicted molar refractivity (Wildman–Crippen MR) is 88.1 cm³/mol. The van der Waals surface area contributed by atoms with E-state index in [0.717, 1.165) is 22.4 Å². The molecule has 108 valence electrons. The smallest absolute Gasteiger partial charge is 0.252 e. The number of rotatable bonds is 4. The fourth-order valence-electron chi connectivity index (χ4n) is 2.60. The quantitative estimate of drug-likeness (QED) is 0.755. The van der Waals surface area contributed by atoms with Crippen molar-refractivity contribution in [3.8, 4) is 0 Å². The number of hydrogen-bond donors (Lipinski definition) is 2. The molecular formula is C17H18N2OS. The Balaban J connectivity index is 1.64. The average Bonchev–Trinajstić information content (AvgIpc) is 3.02. The Morgan fingerprint density at radius 1 is 1.29 bits per heavy atom. The van der Waals surface area contributed by atoms with Crippen molar-refractivity contribution in [3.63, 3.8) is 0 Å². The van der Waals surface area contributed by atoms with Gasteiger partial charge in [-0.1, -0.05) is 18.2 Å². The lowest BCUT2D eigenvalue weighted by molar-refractivity contribution is 0.0954. The van der Waals surface area contributed by atoms with Crippen LogP contribution >= 0.6 is 11.3 Å². The number of amides is 1. The number of aryl methyl sites for hydroxylation is 2. The van der Waals surface area contributed by atoms with Gasteiger partial charge in [0.1, 0.15) is 0 Å².